The minimum atomic E-state index is -0.707. The Morgan fingerprint density at radius 1 is 1.47 bits per heavy atom. The first-order valence-electron chi connectivity index (χ1n) is 6.03. The van der Waals surface area contributed by atoms with E-state index in [-0.39, 0.29) is 34.7 Å². The summed E-state index contributed by atoms with van der Waals surface area (Å²) >= 11 is 2.98. The van der Waals surface area contributed by atoms with Gasteiger partial charge in [-0.05, 0) is 28.1 Å². The molecule has 1 aromatic carbocycles. The standard InChI is InChI=1S/C13H14BrF2NO2/c14-11-1-2-12(15)10(13(11)16)6-9(18)5-8-7-19-4-3-17-8/h1-2,8,17H,3-7H2. The van der Waals surface area contributed by atoms with Crippen LogP contribution < -0.4 is 5.32 Å². The van der Waals surface area contributed by atoms with Crippen LogP contribution in [0.2, 0.25) is 0 Å². The van der Waals surface area contributed by atoms with Gasteiger partial charge < -0.3 is 10.1 Å². The summed E-state index contributed by atoms with van der Waals surface area (Å²) in [4.78, 5) is 11.9. The number of benzene rings is 1. The summed E-state index contributed by atoms with van der Waals surface area (Å²) in [6.45, 7) is 1.77. The van der Waals surface area contributed by atoms with Gasteiger partial charge in [-0.25, -0.2) is 8.78 Å². The second-order valence-electron chi connectivity index (χ2n) is 4.47. The fraction of sp³-hybridized carbons (Fsp3) is 0.462. The lowest BCUT2D eigenvalue weighted by Crippen LogP contribution is -2.42. The maximum absolute atomic E-state index is 13.7. The molecule has 0 spiro atoms. The number of carbonyl (C=O) groups excluding carboxylic acids is 1. The number of carbonyl (C=O) groups is 1. The van der Waals surface area contributed by atoms with Crippen molar-refractivity contribution in [2.45, 2.75) is 18.9 Å². The highest BCUT2D eigenvalue weighted by Gasteiger charge is 2.20. The monoisotopic (exact) mass is 333 g/mol. The topological polar surface area (TPSA) is 38.3 Å². The van der Waals surface area contributed by atoms with Crippen LogP contribution in [-0.2, 0) is 16.0 Å². The molecule has 0 saturated carbocycles. The molecule has 1 saturated heterocycles. The molecule has 1 aliphatic rings. The minimum absolute atomic E-state index is 0.0699. The molecule has 0 aliphatic carbocycles. The van der Waals surface area contributed by atoms with Gasteiger partial charge in [-0.2, -0.15) is 0 Å². The van der Waals surface area contributed by atoms with Crippen LogP contribution in [-0.4, -0.2) is 31.6 Å². The van der Waals surface area contributed by atoms with Crippen molar-refractivity contribution in [2.24, 2.45) is 0 Å². The lowest BCUT2D eigenvalue weighted by molar-refractivity contribution is -0.119. The first-order chi connectivity index (χ1) is 9.08. The highest BCUT2D eigenvalue weighted by Crippen LogP contribution is 2.22. The molecule has 1 unspecified atom stereocenters. The van der Waals surface area contributed by atoms with Crippen molar-refractivity contribution in [3.63, 3.8) is 0 Å². The third-order valence-corrected chi connectivity index (χ3v) is 3.60. The van der Waals surface area contributed by atoms with E-state index in [9.17, 15) is 13.6 Å². The molecule has 1 fully saturated rings. The molecule has 1 N–H and O–H groups in total. The van der Waals surface area contributed by atoms with Crippen molar-refractivity contribution in [1.82, 2.24) is 5.32 Å². The van der Waals surface area contributed by atoms with Crippen LogP contribution >= 0.6 is 15.9 Å². The Bertz CT molecular complexity index is 476. The third-order valence-electron chi connectivity index (χ3n) is 2.99. The van der Waals surface area contributed by atoms with Crippen LogP contribution in [0.1, 0.15) is 12.0 Å². The highest BCUT2D eigenvalue weighted by molar-refractivity contribution is 9.10. The van der Waals surface area contributed by atoms with Gasteiger partial charge in [-0.15, -0.1) is 0 Å². The van der Waals surface area contributed by atoms with E-state index in [1.165, 1.54) is 6.07 Å². The summed E-state index contributed by atoms with van der Waals surface area (Å²) in [7, 11) is 0. The molecule has 3 nitrogen and oxygen atoms in total. The fourth-order valence-corrected chi connectivity index (χ4v) is 2.40. The predicted octanol–water partition coefficient (Wildman–Crippen LogP) is 2.22. The number of Topliss-reactive ketones (excluding diaryl/α,β-unsaturated/α-hetero) is 1. The first kappa shape index (κ1) is 14.6. The molecule has 1 atom stereocenters. The molecule has 6 heteroatoms. The summed E-state index contributed by atoms with van der Waals surface area (Å²) < 4.78 is 32.6. The second kappa shape index (κ2) is 6.54. The van der Waals surface area contributed by atoms with E-state index in [4.69, 9.17) is 4.74 Å². The molecule has 0 bridgehead atoms. The SMILES string of the molecule is O=C(Cc1c(F)ccc(Br)c1F)CC1COCCN1. The maximum Gasteiger partial charge on any atom is 0.143 e. The Hall–Kier alpha value is -0.850. The van der Waals surface area contributed by atoms with E-state index in [0.29, 0.717) is 19.8 Å². The molecule has 0 amide bonds. The molecule has 1 heterocycles. The number of morpholine rings is 1. The lowest BCUT2D eigenvalue weighted by Gasteiger charge is -2.23. The van der Waals surface area contributed by atoms with Crippen molar-refractivity contribution >= 4 is 21.7 Å². The number of ether oxygens (including phenoxy) is 1. The van der Waals surface area contributed by atoms with Gasteiger partial charge in [0.15, 0.2) is 0 Å². The molecule has 1 aliphatic heterocycles. The molecular formula is C13H14BrF2NO2. The second-order valence-corrected chi connectivity index (χ2v) is 5.32. The molecule has 19 heavy (non-hydrogen) atoms. The van der Waals surface area contributed by atoms with Crippen LogP contribution in [0, 0.1) is 11.6 Å². The van der Waals surface area contributed by atoms with E-state index in [1.807, 2.05) is 0 Å². The summed E-state index contributed by atoms with van der Waals surface area (Å²) in [6.07, 6.45) is -0.0271. The van der Waals surface area contributed by atoms with Crippen LogP contribution in [0.3, 0.4) is 0 Å². The van der Waals surface area contributed by atoms with Gasteiger partial charge in [-0.1, -0.05) is 0 Å². The zero-order valence-corrected chi connectivity index (χ0v) is 11.8. The number of nitrogens with one attached hydrogen (secondary N) is 1. The lowest BCUT2D eigenvalue weighted by atomic mass is 10.0. The molecule has 1 aromatic rings. The van der Waals surface area contributed by atoms with Gasteiger partial charge >= 0.3 is 0 Å². The minimum Gasteiger partial charge on any atom is -0.379 e. The Labute approximate surface area is 118 Å². The van der Waals surface area contributed by atoms with Crippen LogP contribution in [0.4, 0.5) is 8.78 Å². The zero-order chi connectivity index (χ0) is 13.8. The van der Waals surface area contributed by atoms with Gasteiger partial charge in [0.25, 0.3) is 0 Å². The fourth-order valence-electron chi connectivity index (χ4n) is 2.03. The van der Waals surface area contributed by atoms with Crippen LogP contribution in [0.5, 0.6) is 0 Å². The number of hydrogen-bond acceptors (Lipinski definition) is 3. The first-order valence-corrected chi connectivity index (χ1v) is 6.82. The van der Waals surface area contributed by atoms with Crippen LogP contribution in [0.15, 0.2) is 16.6 Å². The number of halogens is 3. The highest BCUT2D eigenvalue weighted by atomic mass is 79.9. The van der Waals surface area contributed by atoms with E-state index in [2.05, 4.69) is 21.2 Å². The Morgan fingerprint density at radius 2 is 2.26 bits per heavy atom. The summed E-state index contributed by atoms with van der Waals surface area (Å²) in [5.41, 5.74) is -0.184. The summed E-state index contributed by atoms with van der Waals surface area (Å²) in [5.74, 6) is -1.61. The Balaban J connectivity index is 2.00. The maximum atomic E-state index is 13.7. The quantitative estimate of drug-likeness (QED) is 0.858. The van der Waals surface area contributed by atoms with Crippen molar-refractivity contribution in [2.75, 3.05) is 19.8 Å². The average molecular weight is 334 g/mol. The van der Waals surface area contributed by atoms with Crippen molar-refractivity contribution in [1.29, 1.82) is 0 Å². The largest absolute Gasteiger partial charge is 0.379 e. The van der Waals surface area contributed by atoms with Gasteiger partial charge in [0.05, 0.1) is 17.7 Å². The van der Waals surface area contributed by atoms with Crippen molar-refractivity contribution < 1.29 is 18.3 Å². The zero-order valence-electron chi connectivity index (χ0n) is 10.2. The van der Waals surface area contributed by atoms with Gasteiger partial charge in [0, 0.05) is 31.0 Å². The van der Waals surface area contributed by atoms with E-state index < -0.39 is 11.6 Å². The van der Waals surface area contributed by atoms with Crippen molar-refractivity contribution in [3.05, 3.63) is 33.8 Å². The van der Waals surface area contributed by atoms with Gasteiger partial charge in [0.1, 0.15) is 17.4 Å². The smallest absolute Gasteiger partial charge is 0.143 e. The van der Waals surface area contributed by atoms with Gasteiger partial charge in [0.2, 0.25) is 0 Å². The Kier molecular flexibility index (Phi) is 5.01. The predicted molar refractivity (Wildman–Crippen MR) is 70.0 cm³/mol. The summed E-state index contributed by atoms with van der Waals surface area (Å²) in [5, 5.41) is 3.13. The van der Waals surface area contributed by atoms with Crippen molar-refractivity contribution in [3.8, 4) is 0 Å². The van der Waals surface area contributed by atoms with Crippen LogP contribution in [0.25, 0.3) is 0 Å². The molecule has 2 rings (SSSR count). The molecule has 0 aromatic heterocycles. The molecule has 104 valence electrons. The molecular weight excluding hydrogens is 320 g/mol. The third kappa shape index (κ3) is 3.81. The normalized spacial score (nSPS) is 19.4. The van der Waals surface area contributed by atoms with E-state index in [0.717, 1.165) is 6.07 Å². The van der Waals surface area contributed by atoms with Gasteiger partial charge in [-0.3, -0.25) is 4.79 Å². The number of hydrogen-bond donors (Lipinski definition) is 1. The average Bonchev–Trinajstić information content (AvgIpc) is 2.40. The Morgan fingerprint density at radius 3 is 2.95 bits per heavy atom. The van der Waals surface area contributed by atoms with E-state index in [1.54, 1.807) is 0 Å². The number of rotatable bonds is 4. The summed E-state index contributed by atoms with van der Waals surface area (Å²) in [6, 6.07) is 2.37. The number of ketones is 1. The molecule has 0 radical (unpaired) electrons. The van der Waals surface area contributed by atoms with E-state index >= 15 is 0 Å².